The summed E-state index contributed by atoms with van der Waals surface area (Å²) >= 11 is 1.52. The van der Waals surface area contributed by atoms with Crippen molar-refractivity contribution in [3.05, 3.63) is 27.8 Å². The monoisotopic (exact) mass is 239 g/mol. The van der Waals surface area contributed by atoms with E-state index in [1.807, 2.05) is 12.3 Å². The number of aryl methyl sites for hydroxylation is 1. The highest BCUT2D eigenvalue weighted by molar-refractivity contribution is 7.09. The summed E-state index contributed by atoms with van der Waals surface area (Å²) in [7, 11) is 0. The molecule has 0 saturated heterocycles. The van der Waals surface area contributed by atoms with Crippen LogP contribution in [0.15, 0.2) is 9.90 Å². The van der Waals surface area contributed by atoms with Crippen molar-refractivity contribution >= 4 is 17.3 Å². The maximum atomic E-state index is 10.4. The standard InChI is InChI=1S/C9H9N3O3S/c1-5-4-16-8(10-5)2-6-11-7(15-12-6)3-9(13)14/h4H,2-3H2,1H3,(H,13,14). The minimum absolute atomic E-state index is 0.121. The van der Waals surface area contributed by atoms with Gasteiger partial charge in [-0.25, -0.2) is 4.98 Å². The largest absolute Gasteiger partial charge is 0.481 e. The molecule has 2 rings (SSSR count). The second-order valence-electron chi connectivity index (χ2n) is 3.23. The van der Waals surface area contributed by atoms with Crippen LogP contribution in [0.1, 0.15) is 22.4 Å². The lowest BCUT2D eigenvalue weighted by molar-refractivity contribution is -0.136. The van der Waals surface area contributed by atoms with Gasteiger partial charge >= 0.3 is 5.97 Å². The first-order valence-corrected chi connectivity index (χ1v) is 5.45. The van der Waals surface area contributed by atoms with Gasteiger partial charge < -0.3 is 9.63 Å². The normalized spacial score (nSPS) is 10.6. The summed E-state index contributed by atoms with van der Waals surface area (Å²) in [5, 5.41) is 15.0. The third kappa shape index (κ3) is 2.63. The predicted molar refractivity (Wildman–Crippen MR) is 55.3 cm³/mol. The molecule has 0 saturated carbocycles. The smallest absolute Gasteiger partial charge is 0.312 e. The molecule has 2 aromatic heterocycles. The Morgan fingerprint density at radius 1 is 1.56 bits per heavy atom. The molecule has 0 amide bonds. The van der Waals surface area contributed by atoms with Gasteiger partial charge in [-0.15, -0.1) is 11.3 Å². The summed E-state index contributed by atoms with van der Waals surface area (Å²) in [6.07, 6.45) is 0.228. The molecule has 2 heterocycles. The fourth-order valence-electron chi connectivity index (χ4n) is 1.18. The maximum Gasteiger partial charge on any atom is 0.312 e. The van der Waals surface area contributed by atoms with E-state index in [0.717, 1.165) is 10.7 Å². The summed E-state index contributed by atoms with van der Waals surface area (Å²) < 4.78 is 4.79. The zero-order chi connectivity index (χ0) is 11.5. The Kier molecular flexibility index (Phi) is 2.95. The van der Waals surface area contributed by atoms with E-state index in [1.165, 1.54) is 11.3 Å². The number of aromatic nitrogens is 3. The lowest BCUT2D eigenvalue weighted by atomic mass is 10.4. The van der Waals surface area contributed by atoms with Gasteiger partial charge in [-0.05, 0) is 6.92 Å². The van der Waals surface area contributed by atoms with Crippen LogP contribution in [-0.2, 0) is 17.6 Å². The van der Waals surface area contributed by atoms with E-state index in [2.05, 4.69) is 15.1 Å². The van der Waals surface area contributed by atoms with Crippen LogP contribution in [0.25, 0.3) is 0 Å². The van der Waals surface area contributed by atoms with E-state index in [4.69, 9.17) is 9.63 Å². The zero-order valence-electron chi connectivity index (χ0n) is 8.51. The number of carbonyl (C=O) groups is 1. The van der Waals surface area contributed by atoms with Crippen molar-refractivity contribution in [3.8, 4) is 0 Å². The van der Waals surface area contributed by atoms with Crippen molar-refractivity contribution in [1.29, 1.82) is 0 Å². The van der Waals surface area contributed by atoms with Crippen LogP contribution >= 0.6 is 11.3 Å². The van der Waals surface area contributed by atoms with Gasteiger partial charge in [0.25, 0.3) is 0 Å². The van der Waals surface area contributed by atoms with Crippen LogP contribution < -0.4 is 0 Å². The molecule has 0 aromatic carbocycles. The van der Waals surface area contributed by atoms with Crippen molar-refractivity contribution < 1.29 is 14.4 Å². The van der Waals surface area contributed by atoms with Gasteiger partial charge in [-0.3, -0.25) is 4.79 Å². The molecule has 84 valence electrons. The van der Waals surface area contributed by atoms with E-state index >= 15 is 0 Å². The van der Waals surface area contributed by atoms with Crippen molar-refractivity contribution in [2.45, 2.75) is 19.8 Å². The fourth-order valence-corrected chi connectivity index (χ4v) is 1.95. The summed E-state index contributed by atoms with van der Waals surface area (Å²) in [6, 6.07) is 0. The molecule has 1 N–H and O–H groups in total. The van der Waals surface area contributed by atoms with Crippen LogP contribution in [0, 0.1) is 6.92 Å². The molecule has 0 aliphatic heterocycles. The highest BCUT2D eigenvalue weighted by Gasteiger charge is 2.11. The van der Waals surface area contributed by atoms with Gasteiger partial charge in [0.15, 0.2) is 5.82 Å². The lowest BCUT2D eigenvalue weighted by Crippen LogP contribution is -2.00. The van der Waals surface area contributed by atoms with Gasteiger partial charge in [-0.2, -0.15) is 4.98 Å². The molecule has 6 nitrogen and oxygen atoms in total. The van der Waals surface area contributed by atoms with Crippen LogP contribution in [0.4, 0.5) is 0 Å². The quantitative estimate of drug-likeness (QED) is 0.857. The van der Waals surface area contributed by atoms with Gasteiger partial charge in [0.05, 0.1) is 6.42 Å². The summed E-state index contributed by atoms with van der Waals surface area (Å²) in [6.45, 7) is 1.91. The van der Waals surface area contributed by atoms with E-state index in [0.29, 0.717) is 12.2 Å². The first-order valence-electron chi connectivity index (χ1n) is 4.58. The molecule has 16 heavy (non-hydrogen) atoms. The average molecular weight is 239 g/mol. The van der Waals surface area contributed by atoms with E-state index < -0.39 is 5.97 Å². The Balaban J connectivity index is 2.05. The summed E-state index contributed by atoms with van der Waals surface area (Å²) in [4.78, 5) is 18.6. The number of thiazole rings is 1. The molecule has 0 aliphatic carbocycles. The molecule has 0 bridgehead atoms. The topological polar surface area (TPSA) is 89.1 Å². The Labute approximate surface area is 94.9 Å². The Hall–Kier alpha value is -1.76. The van der Waals surface area contributed by atoms with Crippen LogP contribution in [0.3, 0.4) is 0 Å². The minimum atomic E-state index is -0.986. The molecule has 0 spiro atoms. The molecular formula is C9H9N3O3S. The highest BCUT2D eigenvalue weighted by atomic mass is 32.1. The number of hydrogen-bond donors (Lipinski definition) is 1. The third-order valence-corrected chi connectivity index (χ3v) is 2.76. The minimum Gasteiger partial charge on any atom is -0.481 e. The number of rotatable bonds is 4. The molecular weight excluding hydrogens is 230 g/mol. The van der Waals surface area contributed by atoms with Gasteiger partial charge in [0.2, 0.25) is 5.89 Å². The fraction of sp³-hybridized carbons (Fsp3) is 0.333. The van der Waals surface area contributed by atoms with E-state index in [9.17, 15) is 4.79 Å². The SMILES string of the molecule is Cc1csc(Cc2noc(CC(=O)O)n2)n1. The Morgan fingerprint density at radius 3 is 3.00 bits per heavy atom. The van der Waals surface area contributed by atoms with Crippen molar-refractivity contribution in [3.63, 3.8) is 0 Å². The Bertz CT molecular complexity index is 506. The molecule has 0 radical (unpaired) electrons. The van der Waals surface area contributed by atoms with Gasteiger partial charge in [-0.1, -0.05) is 5.16 Å². The van der Waals surface area contributed by atoms with Crippen LogP contribution in [0.5, 0.6) is 0 Å². The third-order valence-electron chi connectivity index (χ3n) is 1.79. The number of hydrogen-bond acceptors (Lipinski definition) is 6. The second kappa shape index (κ2) is 4.40. The van der Waals surface area contributed by atoms with Crippen LogP contribution in [-0.4, -0.2) is 26.2 Å². The summed E-state index contributed by atoms with van der Waals surface area (Å²) in [5.74, 6) is -0.401. The molecule has 0 unspecified atom stereocenters. The number of aliphatic carboxylic acids is 1. The average Bonchev–Trinajstić information content (AvgIpc) is 2.76. The highest BCUT2D eigenvalue weighted by Crippen LogP contribution is 2.12. The molecule has 0 atom stereocenters. The lowest BCUT2D eigenvalue weighted by Gasteiger charge is -1.87. The first-order chi connectivity index (χ1) is 7.63. The number of carboxylic acids is 1. The van der Waals surface area contributed by atoms with E-state index in [-0.39, 0.29) is 12.3 Å². The summed E-state index contributed by atoms with van der Waals surface area (Å²) in [5.41, 5.74) is 0.953. The molecule has 7 heteroatoms. The van der Waals surface area contributed by atoms with Gasteiger partial charge in [0, 0.05) is 11.1 Å². The Morgan fingerprint density at radius 2 is 2.38 bits per heavy atom. The molecule has 0 fully saturated rings. The molecule has 0 aliphatic rings. The van der Waals surface area contributed by atoms with Crippen molar-refractivity contribution in [2.75, 3.05) is 0 Å². The van der Waals surface area contributed by atoms with E-state index in [1.54, 1.807) is 0 Å². The van der Waals surface area contributed by atoms with Crippen molar-refractivity contribution in [1.82, 2.24) is 15.1 Å². The molecule has 2 aromatic rings. The van der Waals surface area contributed by atoms with Gasteiger partial charge in [0.1, 0.15) is 11.4 Å². The predicted octanol–water partition coefficient (Wildman–Crippen LogP) is 1.05. The van der Waals surface area contributed by atoms with Crippen LogP contribution in [0.2, 0.25) is 0 Å². The zero-order valence-corrected chi connectivity index (χ0v) is 9.32. The number of nitrogens with zero attached hydrogens (tertiary/aromatic N) is 3. The maximum absolute atomic E-state index is 10.4. The second-order valence-corrected chi connectivity index (χ2v) is 4.18. The first kappa shape index (κ1) is 10.7. The van der Waals surface area contributed by atoms with Crippen molar-refractivity contribution in [2.24, 2.45) is 0 Å². The number of carboxylic acid groups (broad SMARTS) is 1.